The van der Waals surface area contributed by atoms with Gasteiger partial charge in [0.2, 0.25) is 5.24 Å². The largest absolute Gasteiger partial charge is 0.481 e. The van der Waals surface area contributed by atoms with Gasteiger partial charge in [-0.15, -0.1) is 0 Å². The van der Waals surface area contributed by atoms with Crippen molar-refractivity contribution in [3.8, 4) is 0 Å². The molecule has 6 nitrogen and oxygen atoms in total. The third-order valence-corrected chi connectivity index (χ3v) is 1.81. The van der Waals surface area contributed by atoms with E-state index in [-0.39, 0.29) is 17.4 Å². The SMILES string of the molecule is CC(=O)Cl.Cc1cc(CC(=O)O)ccc1[N+](=O)[O-]. The van der Waals surface area contributed by atoms with E-state index in [4.69, 9.17) is 5.11 Å². The zero-order valence-electron chi connectivity index (χ0n) is 9.84. The van der Waals surface area contributed by atoms with Crippen LogP contribution in [0.2, 0.25) is 0 Å². The molecule has 1 aromatic carbocycles. The summed E-state index contributed by atoms with van der Waals surface area (Å²) in [6.07, 6.45) is -0.112. The molecule has 7 heteroatoms. The first-order valence-electron chi connectivity index (χ1n) is 4.85. The van der Waals surface area contributed by atoms with Crippen LogP contribution in [0.25, 0.3) is 0 Å². The average molecular weight is 274 g/mol. The van der Waals surface area contributed by atoms with Crippen molar-refractivity contribution in [2.75, 3.05) is 0 Å². The Labute approximate surface area is 108 Å². The highest BCUT2D eigenvalue weighted by atomic mass is 35.5. The van der Waals surface area contributed by atoms with E-state index in [0.717, 1.165) is 0 Å². The third kappa shape index (κ3) is 6.59. The minimum absolute atomic E-state index is 0.0131. The second-order valence-electron chi connectivity index (χ2n) is 3.42. The van der Waals surface area contributed by atoms with Gasteiger partial charge in [0.05, 0.1) is 11.3 Å². The molecule has 0 spiro atoms. The summed E-state index contributed by atoms with van der Waals surface area (Å²) in [7, 11) is 0. The monoisotopic (exact) mass is 273 g/mol. The zero-order valence-corrected chi connectivity index (χ0v) is 10.6. The maximum absolute atomic E-state index is 10.4. The molecular weight excluding hydrogens is 262 g/mol. The molecule has 18 heavy (non-hydrogen) atoms. The van der Waals surface area contributed by atoms with Gasteiger partial charge in [-0.1, -0.05) is 6.07 Å². The molecule has 1 rings (SSSR count). The minimum Gasteiger partial charge on any atom is -0.481 e. The second-order valence-corrected chi connectivity index (χ2v) is 3.95. The topological polar surface area (TPSA) is 97.5 Å². The van der Waals surface area contributed by atoms with Crippen molar-refractivity contribution in [1.29, 1.82) is 0 Å². The van der Waals surface area contributed by atoms with Gasteiger partial charge in [-0.2, -0.15) is 0 Å². The molecule has 0 heterocycles. The lowest BCUT2D eigenvalue weighted by molar-refractivity contribution is -0.385. The lowest BCUT2D eigenvalue weighted by atomic mass is 10.1. The molecule has 0 fully saturated rings. The van der Waals surface area contributed by atoms with Crippen molar-refractivity contribution in [2.24, 2.45) is 0 Å². The van der Waals surface area contributed by atoms with Crippen LogP contribution in [0, 0.1) is 17.0 Å². The number of nitro benzene ring substituents is 1. The first-order chi connectivity index (χ1) is 8.23. The van der Waals surface area contributed by atoms with Gasteiger partial charge >= 0.3 is 5.97 Å². The molecular formula is C11H12ClNO5. The molecule has 0 atom stereocenters. The smallest absolute Gasteiger partial charge is 0.307 e. The quantitative estimate of drug-likeness (QED) is 0.518. The Balaban J connectivity index is 0.000000631. The molecule has 0 unspecified atom stereocenters. The molecule has 0 bridgehead atoms. The summed E-state index contributed by atoms with van der Waals surface area (Å²) in [5.74, 6) is -0.946. The fourth-order valence-corrected chi connectivity index (χ4v) is 1.21. The predicted octanol–water partition coefficient (Wildman–Crippen LogP) is 2.30. The lowest BCUT2D eigenvalue weighted by Crippen LogP contribution is -2.01. The minimum atomic E-state index is -0.946. The highest BCUT2D eigenvalue weighted by molar-refractivity contribution is 6.62. The van der Waals surface area contributed by atoms with Crippen LogP contribution in [0.3, 0.4) is 0 Å². The number of aryl methyl sites for hydroxylation is 1. The third-order valence-electron chi connectivity index (χ3n) is 1.81. The van der Waals surface area contributed by atoms with Crippen molar-refractivity contribution < 1.29 is 19.6 Å². The summed E-state index contributed by atoms with van der Waals surface area (Å²) in [4.78, 5) is 29.5. The van der Waals surface area contributed by atoms with Crippen molar-refractivity contribution in [2.45, 2.75) is 20.3 Å². The molecule has 0 aromatic heterocycles. The molecule has 0 aliphatic rings. The number of hydrogen-bond acceptors (Lipinski definition) is 4. The van der Waals surface area contributed by atoms with Gasteiger partial charge in [0, 0.05) is 18.6 Å². The fourth-order valence-electron chi connectivity index (χ4n) is 1.21. The van der Waals surface area contributed by atoms with Crippen LogP contribution in [0.15, 0.2) is 18.2 Å². The number of carboxylic acid groups (broad SMARTS) is 1. The van der Waals surface area contributed by atoms with E-state index >= 15 is 0 Å². The number of benzene rings is 1. The molecule has 0 aliphatic carbocycles. The predicted molar refractivity (Wildman–Crippen MR) is 65.7 cm³/mol. The van der Waals surface area contributed by atoms with Crippen LogP contribution in [-0.4, -0.2) is 21.2 Å². The van der Waals surface area contributed by atoms with Crippen LogP contribution in [0.5, 0.6) is 0 Å². The number of nitrogens with zero attached hydrogens (tertiary/aromatic N) is 1. The molecule has 1 aromatic rings. The highest BCUT2D eigenvalue weighted by Gasteiger charge is 2.10. The number of carbonyl (C=O) groups excluding carboxylic acids is 1. The van der Waals surface area contributed by atoms with E-state index in [0.29, 0.717) is 11.1 Å². The summed E-state index contributed by atoms with van der Waals surface area (Å²) in [5.41, 5.74) is 1.06. The standard InChI is InChI=1S/C9H9NO4.C2H3ClO/c1-6-4-7(5-9(11)12)2-3-8(6)10(13)14;1-2(3)4/h2-4H,5H2,1H3,(H,11,12);1H3. The summed E-state index contributed by atoms with van der Waals surface area (Å²) in [6, 6.07) is 4.30. The number of nitro groups is 1. The van der Waals surface area contributed by atoms with Gasteiger partial charge in [-0.05, 0) is 30.2 Å². The molecule has 0 amide bonds. The summed E-state index contributed by atoms with van der Waals surface area (Å²) in [5, 5.41) is 18.6. The van der Waals surface area contributed by atoms with Crippen molar-refractivity contribution in [3.63, 3.8) is 0 Å². The van der Waals surface area contributed by atoms with Crippen molar-refractivity contribution in [1.82, 2.24) is 0 Å². The lowest BCUT2D eigenvalue weighted by Gasteiger charge is -2.00. The number of aliphatic carboxylic acids is 1. The Morgan fingerprint density at radius 1 is 1.44 bits per heavy atom. The summed E-state index contributed by atoms with van der Waals surface area (Å²) in [6.45, 7) is 2.88. The number of rotatable bonds is 3. The second kappa shape index (κ2) is 7.39. The first kappa shape index (κ1) is 16.1. The Morgan fingerprint density at radius 3 is 2.28 bits per heavy atom. The number of halogens is 1. The Hall–Kier alpha value is -1.95. The molecule has 1 N–H and O–H groups in total. The van der Waals surface area contributed by atoms with Gasteiger partial charge in [0.25, 0.3) is 5.69 Å². The Kier molecular flexibility index (Phi) is 6.59. The van der Waals surface area contributed by atoms with E-state index in [1.54, 1.807) is 6.92 Å². The number of hydrogen-bond donors (Lipinski definition) is 1. The van der Waals surface area contributed by atoms with Gasteiger partial charge in [0.15, 0.2) is 0 Å². The first-order valence-corrected chi connectivity index (χ1v) is 5.23. The normalized spacial score (nSPS) is 9.06. The van der Waals surface area contributed by atoms with Crippen LogP contribution in [0.4, 0.5) is 5.69 Å². The maximum Gasteiger partial charge on any atom is 0.307 e. The Bertz CT molecular complexity index is 469. The van der Waals surface area contributed by atoms with Gasteiger partial charge < -0.3 is 5.11 Å². The van der Waals surface area contributed by atoms with E-state index in [2.05, 4.69) is 11.6 Å². The van der Waals surface area contributed by atoms with E-state index in [1.807, 2.05) is 0 Å². The fraction of sp³-hybridized carbons (Fsp3) is 0.273. The zero-order chi connectivity index (χ0) is 14.3. The highest BCUT2D eigenvalue weighted by Crippen LogP contribution is 2.18. The van der Waals surface area contributed by atoms with E-state index < -0.39 is 10.9 Å². The molecule has 0 aliphatic heterocycles. The Morgan fingerprint density at radius 2 is 1.94 bits per heavy atom. The van der Waals surface area contributed by atoms with Crippen molar-refractivity contribution >= 4 is 28.5 Å². The van der Waals surface area contributed by atoms with E-state index in [1.165, 1.54) is 25.1 Å². The van der Waals surface area contributed by atoms with Gasteiger partial charge in [0.1, 0.15) is 0 Å². The van der Waals surface area contributed by atoms with Crippen LogP contribution in [-0.2, 0) is 16.0 Å². The summed E-state index contributed by atoms with van der Waals surface area (Å²) >= 11 is 4.64. The van der Waals surface area contributed by atoms with Gasteiger partial charge in [-0.25, -0.2) is 0 Å². The summed E-state index contributed by atoms with van der Waals surface area (Å²) < 4.78 is 0. The van der Waals surface area contributed by atoms with Crippen LogP contribution < -0.4 is 0 Å². The molecule has 0 saturated heterocycles. The van der Waals surface area contributed by atoms with Gasteiger partial charge in [-0.3, -0.25) is 19.7 Å². The molecule has 0 radical (unpaired) electrons. The van der Waals surface area contributed by atoms with Crippen LogP contribution >= 0.6 is 11.6 Å². The van der Waals surface area contributed by atoms with E-state index in [9.17, 15) is 19.7 Å². The maximum atomic E-state index is 10.4. The van der Waals surface area contributed by atoms with Crippen LogP contribution in [0.1, 0.15) is 18.1 Å². The van der Waals surface area contributed by atoms with Crippen molar-refractivity contribution in [3.05, 3.63) is 39.4 Å². The number of carboxylic acids is 1. The number of carbonyl (C=O) groups is 2. The average Bonchev–Trinajstić information content (AvgIpc) is 2.14. The molecule has 98 valence electrons. The molecule has 0 saturated carbocycles.